The van der Waals surface area contributed by atoms with Gasteiger partial charge in [-0.25, -0.2) is 0 Å². The third-order valence-electron chi connectivity index (χ3n) is 4.67. The molecule has 0 radical (unpaired) electrons. The van der Waals surface area contributed by atoms with E-state index in [1.54, 1.807) is 24.3 Å². The predicted molar refractivity (Wildman–Crippen MR) is 113 cm³/mol. The lowest BCUT2D eigenvalue weighted by Crippen LogP contribution is -2.28. The molecular weight excluding hydrogens is 422 g/mol. The number of furan rings is 1. The molecule has 31 heavy (non-hydrogen) atoms. The zero-order chi connectivity index (χ0) is 22.1. The Labute approximate surface area is 181 Å². The lowest BCUT2D eigenvalue weighted by Gasteiger charge is -2.12. The van der Waals surface area contributed by atoms with E-state index in [1.807, 2.05) is 0 Å². The van der Waals surface area contributed by atoms with Gasteiger partial charge in [0.25, 0.3) is 17.7 Å². The molecule has 0 spiro atoms. The molecule has 9 heteroatoms. The molecule has 4 rings (SSSR count). The summed E-state index contributed by atoms with van der Waals surface area (Å²) in [6, 6.07) is 12.2. The molecule has 1 aliphatic heterocycles. The molecule has 1 aliphatic rings. The van der Waals surface area contributed by atoms with E-state index in [-0.39, 0.29) is 29.1 Å². The number of carbonyl (C=O) groups excluding carboxylic acids is 4. The molecule has 0 bridgehead atoms. The van der Waals surface area contributed by atoms with E-state index in [4.69, 9.17) is 16.0 Å². The summed E-state index contributed by atoms with van der Waals surface area (Å²) in [5.74, 6) is -1.32. The van der Waals surface area contributed by atoms with Gasteiger partial charge in [-0.3, -0.25) is 24.1 Å². The van der Waals surface area contributed by atoms with Gasteiger partial charge in [0.2, 0.25) is 5.91 Å². The number of halogens is 1. The number of benzene rings is 2. The number of rotatable bonds is 5. The number of amides is 4. The van der Waals surface area contributed by atoms with Gasteiger partial charge in [-0.2, -0.15) is 0 Å². The zero-order valence-corrected chi connectivity index (χ0v) is 17.0. The smallest absolute Gasteiger partial charge is 0.261 e. The van der Waals surface area contributed by atoms with Crippen LogP contribution >= 0.6 is 11.6 Å². The summed E-state index contributed by atoms with van der Waals surface area (Å²) in [4.78, 5) is 50.6. The molecule has 2 aromatic carbocycles. The highest BCUT2D eigenvalue weighted by Crippen LogP contribution is 2.28. The van der Waals surface area contributed by atoms with Crippen LogP contribution < -0.4 is 10.6 Å². The minimum atomic E-state index is -0.526. The number of anilines is 2. The first-order chi connectivity index (χ1) is 14.8. The number of nitrogens with zero attached hydrogens (tertiary/aromatic N) is 1. The Kier molecular flexibility index (Phi) is 5.31. The fraction of sp³-hybridized carbons (Fsp3) is 0.0909. The topological polar surface area (TPSA) is 109 Å². The third kappa shape index (κ3) is 4.06. The van der Waals surface area contributed by atoms with Crippen molar-refractivity contribution in [2.24, 2.45) is 0 Å². The molecular formula is C22H16ClN3O5. The molecule has 0 fully saturated rings. The van der Waals surface area contributed by atoms with Crippen LogP contribution in [0.3, 0.4) is 0 Å². The zero-order valence-electron chi connectivity index (χ0n) is 16.3. The monoisotopic (exact) mass is 437 g/mol. The number of carbonyl (C=O) groups is 4. The second kappa shape index (κ2) is 8.08. The maximum atomic E-state index is 12.8. The average molecular weight is 438 g/mol. The fourth-order valence-electron chi connectivity index (χ4n) is 3.25. The first-order valence-corrected chi connectivity index (χ1v) is 9.62. The molecule has 0 saturated carbocycles. The lowest BCUT2D eigenvalue weighted by atomic mass is 10.1. The molecule has 1 aromatic heterocycles. The van der Waals surface area contributed by atoms with Crippen LogP contribution in [-0.2, 0) is 11.3 Å². The lowest BCUT2D eigenvalue weighted by molar-refractivity contribution is -0.114. The van der Waals surface area contributed by atoms with E-state index in [0.29, 0.717) is 22.2 Å². The Morgan fingerprint density at radius 1 is 0.968 bits per heavy atom. The van der Waals surface area contributed by atoms with Gasteiger partial charge >= 0.3 is 0 Å². The Morgan fingerprint density at radius 2 is 1.74 bits per heavy atom. The van der Waals surface area contributed by atoms with Crippen LogP contribution in [-0.4, -0.2) is 28.5 Å². The largest absolute Gasteiger partial charge is 0.467 e. The molecule has 2 N–H and O–H groups in total. The predicted octanol–water partition coefficient (Wildman–Crippen LogP) is 3.94. The van der Waals surface area contributed by atoms with Crippen LogP contribution in [0.4, 0.5) is 11.4 Å². The molecule has 0 atom stereocenters. The van der Waals surface area contributed by atoms with E-state index < -0.39 is 17.7 Å². The Bertz CT molecular complexity index is 1220. The quantitative estimate of drug-likeness (QED) is 0.587. The summed E-state index contributed by atoms with van der Waals surface area (Å²) in [5, 5.41) is 5.66. The molecule has 156 valence electrons. The van der Waals surface area contributed by atoms with Crippen LogP contribution in [0.1, 0.15) is 43.8 Å². The summed E-state index contributed by atoms with van der Waals surface area (Å²) in [5.41, 5.74) is 1.21. The standard InChI is InChI=1S/C22H16ClN3O5/c1-12(27)24-18-7-5-14(23)10-19(18)25-20(28)13-4-6-16-17(9-13)22(30)26(21(16)29)11-15-3-2-8-31-15/h2-10H,11H2,1H3,(H,24,27)(H,25,28). The van der Waals surface area contributed by atoms with Crippen LogP contribution in [0.15, 0.2) is 59.2 Å². The molecule has 3 aromatic rings. The highest BCUT2D eigenvalue weighted by Gasteiger charge is 2.36. The van der Waals surface area contributed by atoms with E-state index in [9.17, 15) is 19.2 Å². The number of hydrogen-bond donors (Lipinski definition) is 2. The van der Waals surface area contributed by atoms with Gasteiger partial charge in [0.05, 0.1) is 35.3 Å². The third-order valence-corrected chi connectivity index (χ3v) is 4.90. The van der Waals surface area contributed by atoms with Gasteiger partial charge < -0.3 is 15.1 Å². The molecule has 0 unspecified atom stereocenters. The van der Waals surface area contributed by atoms with Crippen LogP contribution in [0.2, 0.25) is 5.02 Å². The normalized spacial score (nSPS) is 12.6. The molecule has 0 aliphatic carbocycles. The summed E-state index contributed by atoms with van der Waals surface area (Å²) >= 11 is 6.01. The Balaban J connectivity index is 1.58. The van der Waals surface area contributed by atoms with Crippen molar-refractivity contribution >= 4 is 46.6 Å². The minimum Gasteiger partial charge on any atom is -0.467 e. The molecule has 0 saturated heterocycles. The van der Waals surface area contributed by atoms with E-state index in [2.05, 4.69) is 10.6 Å². The first kappa shape index (κ1) is 20.4. The van der Waals surface area contributed by atoms with Gasteiger partial charge in [0, 0.05) is 17.5 Å². The summed E-state index contributed by atoms with van der Waals surface area (Å²) in [6.07, 6.45) is 1.46. The maximum Gasteiger partial charge on any atom is 0.261 e. The van der Waals surface area contributed by atoms with Crippen molar-refractivity contribution in [1.82, 2.24) is 4.90 Å². The van der Waals surface area contributed by atoms with Crippen molar-refractivity contribution in [2.45, 2.75) is 13.5 Å². The van der Waals surface area contributed by atoms with Gasteiger partial charge in [0.1, 0.15) is 5.76 Å². The van der Waals surface area contributed by atoms with Crippen molar-refractivity contribution in [3.63, 3.8) is 0 Å². The minimum absolute atomic E-state index is 0.00344. The number of hydrogen-bond acceptors (Lipinski definition) is 5. The average Bonchev–Trinajstić information content (AvgIpc) is 3.32. The number of fused-ring (bicyclic) bond motifs is 1. The van der Waals surface area contributed by atoms with Gasteiger partial charge in [-0.15, -0.1) is 0 Å². The van der Waals surface area contributed by atoms with Crippen LogP contribution in [0, 0.1) is 0 Å². The van der Waals surface area contributed by atoms with E-state index in [1.165, 1.54) is 37.5 Å². The number of nitrogens with one attached hydrogen (secondary N) is 2. The van der Waals surface area contributed by atoms with Gasteiger partial charge in [0.15, 0.2) is 0 Å². The fourth-order valence-corrected chi connectivity index (χ4v) is 3.42. The summed E-state index contributed by atoms with van der Waals surface area (Å²) in [6.45, 7) is 1.35. The van der Waals surface area contributed by atoms with E-state index >= 15 is 0 Å². The van der Waals surface area contributed by atoms with Crippen molar-refractivity contribution in [2.75, 3.05) is 10.6 Å². The van der Waals surface area contributed by atoms with Crippen LogP contribution in [0.5, 0.6) is 0 Å². The maximum absolute atomic E-state index is 12.8. The summed E-state index contributed by atoms with van der Waals surface area (Å²) < 4.78 is 5.22. The molecule has 2 heterocycles. The second-order valence-corrected chi connectivity index (χ2v) is 7.30. The van der Waals surface area contributed by atoms with Gasteiger partial charge in [-0.05, 0) is 48.5 Å². The highest BCUT2D eigenvalue weighted by atomic mass is 35.5. The molecule has 4 amide bonds. The van der Waals surface area contributed by atoms with Crippen LogP contribution in [0.25, 0.3) is 0 Å². The highest BCUT2D eigenvalue weighted by molar-refractivity contribution is 6.31. The van der Waals surface area contributed by atoms with Crippen molar-refractivity contribution in [1.29, 1.82) is 0 Å². The first-order valence-electron chi connectivity index (χ1n) is 9.24. The van der Waals surface area contributed by atoms with Crippen molar-refractivity contribution < 1.29 is 23.6 Å². The molecule has 8 nitrogen and oxygen atoms in total. The summed E-state index contributed by atoms with van der Waals surface area (Å²) in [7, 11) is 0. The van der Waals surface area contributed by atoms with Crippen molar-refractivity contribution in [3.05, 3.63) is 82.3 Å². The van der Waals surface area contributed by atoms with Gasteiger partial charge in [-0.1, -0.05) is 11.6 Å². The van der Waals surface area contributed by atoms with Crippen molar-refractivity contribution in [3.8, 4) is 0 Å². The Morgan fingerprint density at radius 3 is 2.45 bits per heavy atom. The van der Waals surface area contributed by atoms with E-state index in [0.717, 1.165) is 4.90 Å². The SMILES string of the molecule is CC(=O)Nc1ccc(Cl)cc1NC(=O)c1ccc2c(c1)C(=O)N(Cc1ccco1)C2=O. The second-order valence-electron chi connectivity index (χ2n) is 6.86. The number of imide groups is 1. The Hall–Kier alpha value is -3.91.